The molecule has 2 aromatic rings. The monoisotopic (exact) mass is 231 g/mol. The van der Waals surface area contributed by atoms with Gasteiger partial charge in [-0.2, -0.15) is 0 Å². The summed E-state index contributed by atoms with van der Waals surface area (Å²) in [6.45, 7) is 0. The van der Waals surface area contributed by atoms with Gasteiger partial charge < -0.3 is 11.1 Å². The number of pyridine rings is 1. The zero-order valence-corrected chi connectivity index (χ0v) is 8.85. The highest BCUT2D eigenvalue weighted by molar-refractivity contribution is 6.04. The molecule has 86 valence electrons. The molecule has 1 aromatic carbocycles. The van der Waals surface area contributed by atoms with E-state index < -0.39 is 11.7 Å². The summed E-state index contributed by atoms with van der Waals surface area (Å²) in [5, 5.41) is 2.44. The molecule has 0 radical (unpaired) electrons. The first-order valence-corrected chi connectivity index (χ1v) is 4.93. The van der Waals surface area contributed by atoms with Crippen LogP contribution in [-0.2, 0) is 0 Å². The number of hydrogen-bond donors (Lipinski definition) is 2. The molecule has 0 aliphatic rings. The Balaban J connectivity index is 2.20. The Morgan fingerprint density at radius 3 is 2.88 bits per heavy atom. The molecule has 0 bridgehead atoms. The molecule has 5 heteroatoms. The van der Waals surface area contributed by atoms with Crippen molar-refractivity contribution in [2.75, 3.05) is 11.1 Å². The number of halogens is 1. The summed E-state index contributed by atoms with van der Waals surface area (Å²) in [4.78, 5) is 15.4. The number of rotatable bonds is 2. The average molecular weight is 231 g/mol. The zero-order valence-electron chi connectivity index (χ0n) is 8.85. The van der Waals surface area contributed by atoms with Gasteiger partial charge in [0.1, 0.15) is 0 Å². The third-order valence-corrected chi connectivity index (χ3v) is 2.17. The number of nitrogens with zero attached hydrogens (tertiary/aromatic N) is 1. The Hall–Kier alpha value is -2.43. The molecule has 0 saturated carbocycles. The topological polar surface area (TPSA) is 68.0 Å². The Morgan fingerprint density at radius 1 is 1.35 bits per heavy atom. The molecule has 1 heterocycles. The largest absolute Gasteiger partial charge is 0.399 e. The minimum atomic E-state index is -0.579. The molecular weight excluding hydrogens is 221 g/mol. The van der Waals surface area contributed by atoms with E-state index in [1.54, 1.807) is 18.2 Å². The van der Waals surface area contributed by atoms with Crippen molar-refractivity contribution in [2.24, 2.45) is 0 Å². The highest BCUT2D eigenvalue weighted by Crippen LogP contribution is 2.13. The molecule has 4 nitrogen and oxygen atoms in total. The Morgan fingerprint density at radius 2 is 2.18 bits per heavy atom. The van der Waals surface area contributed by atoms with Crippen LogP contribution in [-0.4, -0.2) is 10.9 Å². The van der Waals surface area contributed by atoms with Gasteiger partial charge in [-0.1, -0.05) is 6.07 Å². The lowest BCUT2D eigenvalue weighted by molar-refractivity contribution is 0.102. The van der Waals surface area contributed by atoms with E-state index in [1.807, 2.05) is 0 Å². The molecule has 0 unspecified atom stereocenters. The van der Waals surface area contributed by atoms with Crippen molar-refractivity contribution in [2.45, 2.75) is 0 Å². The first-order valence-electron chi connectivity index (χ1n) is 4.93. The van der Waals surface area contributed by atoms with E-state index in [9.17, 15) is 9.18 Å². The van der Waals surface area contributed by atoms with Crippen molar-refractivity contribution in [1.82, 2.24) is 4.98 Å². The van der Waals surface area contributed by atoms with E-state index in [0.29, 0.717) is 11.3 Å². The summed E-state index contributed by atoms with van der Waals surface area (Å²) in [5.74, 6) is -0.993. The average Bonchev–Trinajstić information content (AvgIpc) is 2.32. The second kappa shape index (κ2) is 4.61. The maximum atomic E-state index is 13.2. The van der Waals surface area contributed by atoms with Gasteiger partial charge >= 0.3 is 0 Å². The number of nitrogens with two attached hydrogens (primary N) is 1. The minimum Gasteiger partial charge on any atom is -0.399 e. The maximum Gasteiger partial charge on any atom is 0.255 e. The lowest BCUT2D eigenvalue weighted by Crippen LogP contribution is -2.13. The molecule has 0 aliphatic heterocycles. The molecular formula is C12H10FN3O. The van der Waals surface area contributed by atoms with E-state index in [1.165, 1.54) is 18.3 Å². The number of amides is 1. The van der Waals surface area contributed by atoms with Gasteiger partial charge in [0.15, 0.2) is 5.82 Å². The fraction of sp³-hybridized carbons (Fsp3) is 0. The molecule has 2 rings (SSSR count). The lowest BCUT2D eigenvalue weighted by atomic mass is 10.2. The highest BCUT2D eigenvalue weighted by Gasteiger charge is 2.08. The first kappa shape index (κ1) is 11.1. The van der Waals surface area contributed by atoms with Gasteiger partial charge in [-0.15, -0.1) is 0 Å². The second-order valence-electron chi connectivity index (χ2n) is 3.44. The predicted molar refractivity (Wildman–Crippen MR) is 63.0 cm³/mol. The summed E-state index contributed by atoms with van der Waals surface area (Å²) in [7, 11) is 0. The molecule has 1 aromatic heterocycles. The number of aromatic nitrogens is 1. The number of nitrogen functional groups attached to an aromatic ring is 1. The van der Waals surface area contributed by atoms with Crippen molar-refractivity contribution in [3.05, 3.63) is 54.1 Å². The van der Waals surface area contributed by atoms with Crippen LogP contribution in [0.1, 0.15) is 10.4 Å². The van der Waals surface area contributed by atoms with Crippen LogP contribution >= 0.6 is 0 Å². The molecule has 0 atom stereocenters. The van der Waals surface area contributed by atoms with Crippen LogP contribution in [0.3, 0.4) is 0 Å². The number of anilines is 2. The van der Waals surface area contributed by atoms with Crippen molar-refractivity contribution < 1.29 is 9.18 Å². The summed E-state index contributed by atoms with van der Waals surface area (Å²) in [6, 6.07) is 7.84. The summed E-state index contributed by atoms with van der Waals surface area (Å²) >= 11 is 0. The van der Waals surface area contributed by atoms with Gasteiger partial charge in [0.2, 0.25) is 0 Å². The summed E-state index contributed by atoms with van der Waals surface area (Å²) < 4.78 is 13.2. The van der Waals surface area contributed by atoms with E-state index in [4.69, 9.17) is 5.73 Å². The highest BCUT2D eigenvalue weighted by atomic mass is 19.1. The van der Waals surface area contributed by atoms with E-state index in [0.717, 1.165) is 6.20 Å². The van der Waals surface area contributed by atoms with Gasteiger partial charge in [-0.3, -0.25) is 9.78 Å². The minimum absolute atomic E-state index is 0.0902. The van der Waals surface area contributed by atoms with Crippen LogP contribution in [0, 0.1) is 5.82 Å². The third-order valence-electron chi connectivity index (χ3n) is 2.17. The fourth-order valence-electron chi connectivity index (χ4n) is 1.35. The molecule has 0 saturated heterocycles. The molecule has 3 N–H and O–H groups in total. The van der Waals surface area contributed by atoms with Gasteiger partial charge in [0, 0.05) is 17.4 Å². The molecule has 0 spiro atoms. The molecule has 1 amide bonds. The van der Waals surface area contributed by atoms with Crippen LogP contribution in [0.5, 0.6) is 0 Å². The van der Waals surface area contributed by atoms with Crippen LogP contribution < -0.4 is 11.1 Å². The first-order chi connectivity index (χ1) is 8.16. The third kappa shape index (κ3) is 2.57. The van der Waals surface area contributed by atoms with Crippen LogP contribution in [0.15, 0.2) is 42.7 Å². The van der Waals surface area contributed by atoms with E-state index in [2.05, 4.69) is 10.3 Å². The van der Waals surface area contributed by atoms with Gasteiger partial charge in [0.25, 0.3) is 5.91 Å². The van der Waals surface area contributed by atoms with Gasteiger partial charge in [-0.05, 0) is 24.3 Å². The normalized spacial score (nSPS) is 9.94. The van der Waals surface area contributed by atoms with Crippen LogP contribution in [0.2, 0.25) is 0 Å². The van der Waals surface area contributed by atoms with E-state index in [-0.39, 0.29) is 5.69 Å². The molecule has 17 heavy (non-hydrogen) atoms. The molecule has 0 aliphatic carbocycles. The Bertz CT molecular complexity index is 557. The number of hydrogen-bond acceptors (Lipinski definition) is 3. The van der Waals surface area contributed by atoms with Crippen molar-refractivity contribution >= 4 is 17.3 Å². The van der Waals surface area contributed by atoms with Crippen LogP contribution in [0.4, 0.5) is 15.8 Å². The Kier molecular flexibility index (Phi) is 3.00. The molecule has 0 fully saturated rings. The number of benzene rings is 1. The van der Waals surface area contributed by atoms with Crippen molar-refractivity contribution in [3.8, 4) is 0 Å². The number of carbonyl (C=O) groups excluding carboxylic acids is 1. The van der Waals surface area contributed by atoms with Gasteiger partial charge in [-0.25, -0.2) is 4.39 Å². The zero-order chi connectivity index (χ0) is 12.3. The number of carbonyl (C=O) groups is 1. The summed E-state index contributed by atoms with van der Waals surface area (Å²) in [6.07, 6.45) is 2.44. The lowest BCUT2D eigenvalue weighted by Gasteiger charge is -2.06. The SMILES string of the molecule is Nc1cccc(C(=O)Nc2ccncc2F)c1. The predicted octanol–water partition coefficient (Wildman–Crippen LogP) is 2.06. The standard InChI is InChI=1S/C12H10FN3O/c13-10-7-15-5-4-11(10)16-12(17)8-2-1-3-9(14)6-8/h1-7H,14H2,(H,15,16,17). The van der Waals surface area contributed by atoms with E-state index >= 15 is 0 Å². The smallest absolute Gasteiger partial charge is 0.255 e. The van der Waals surface area contributed by atoms with Crippen LogP contribution in [0.25, 0.3) is 0 Å². The summed E-state index contributed by atoms with van der Waals surface area (Å²) in [5.41, 5.74) is 6.50. The quantitative estimate of drug-likeness (QED) is 0.777. The Labute approximate surface area is 97.3 Å². The second-order valence-corrected chi connectivity index (χ2v) is 3.44. The fourth-order valence-corrected chi connectivity index (χ4v) is 1.35. The number of nitrogens with one attached hydrogen (secondary N) is 1. The van der Waals surface area contributed by atoms with Gasteiger partial charge in [0.05, 0.1) is 11.9 Å². The van der Waals surface area contributed by atoms with Crippen molar-refractivity contribution in [1.29, 1.82) is 0 Å². The van der Waals surface area contributed by atoms with Crippen molar-refractivity contribution in [3.63, 3.8) is 0 Å². The maximum absolute atomic E-state index is 13.2.